The topological polar surface area (TPSA) is 111 Å². The molecule has 0 saturated carbocycles. The summed E-state index contributed by atoms with van der Waals surface area (Å²) in [6, 6.07) is 12.4. The average Bonchev–Trinajstić information content (AvgIpc) is 3.07. The molecule has 3 amide bonds. The van der Waals surface area contributed by atoms with Gasteiger partial charge in [-0.05, 0) is 84.1 Å². The summed E-state index contributed by atoms with van der Waals surface area (Å²) in [7, 11) is 0. The summed E-state index contributed by atoms with van der Waals surface area (Å²) in [5.74, 6) is -0.762. The van der Waals surface area contributed by atoms with Gasteiger partial charge in [0.05, 0.1) is 21.7 Å². The van der Waals surface area contributed by atoms with E-state index < -0.39 is 23.7 Å². The molecule has 0 unspecified atom stereocenters. The summed E-state index contributed by atoms with van der Waals surface area (Å²) in [6.07, 6.45) is 1.55. The van der Waals surface area contributed by atoms with Crippen LogP contribution >= 0.6 is 34.4 Å². The zero-order valence-electron chi connectivity index (χ0n) is 19.0. The van der Waals surface area contributed by atoms with E-state index in [2.05, 4.69) is 27.9 Å². The quantitative estimate of drug-likeness (QED) is 0.241. The van der Waals surface area contributed by atoms with Crippen LogP contribution in [0.1, 0.15) is 19.4 Å². The summed E-state index contributed by atoms with van der Waals surface area (Å²) < 4.78 is 16.9. The number of halogens is 1. The summed E-state index contributed by atoms with van der Waals surface area (Å²) in [6.45, 7) is 3.30. The van der Waals surface area contributed by atoms with Gasteiger partial charge in [0.2, 0.25) is 0 Å². The van der Waals surface area contributed by atoms with Crippen molar-refractivity contribution in [3.63, 3.8) is 0 Å². The van der Waals surface area contributed by atoms with Gasteiger partial charge in [-0.3, -0.25) is 24.1 Å². The first-order chi connectivity index (χ1) is 16.8. The number of benzene rings is 2. The number of thioether (sulfide) groups is 1. The van der Waals surface area contributed by atoms with E-state index >= 15 is 0 Å². The number of esters is 1. The van der Waals surface area contributed by atoms with Crippen molar-refractivity contribution < 1.29 is 33.4 Å². The number of carbonyl (C=O) groups excluding carboxylic acids is 4. The third-order valence-electron chi connectivity index (χ3n) is 4.50. The Bertz CT molecular complexity index is 1150. The Morgan fingerprint density at radius 3 is 2.51 bits per heavy atom. The average molecular weight is 610 g/mol. The van der Waals surface area contributed by atoms with Gasteiger partial charge in [0.1, 0.15) is 6.54 Å². The molecule has 0 radical (unpaired) electrons. The first-order valence-corrected chi connectivity index (χ1v) is 12.6. The van der Waals surface area contributed by atoms with Crippen LogP contribution < -0.4 is 14.8 Å². The van der Waals surface area contributed by atoms with E-state index in [1.165, 1.54) is 0 Å². The number of hydrogen-bond acceptors (Lipinski definition) is 8. The molecular weight excluding hydrogens is 587 g/mol. The summed E-state index contributed by atoms with van der Waals surface area (Å²) in [4.78, 5) is 49.9. The lowest BCUT2D eigenvalue weighted by atomic mass is 10.2. The zero-order chi connectivity index (χ0) is 25.4. The second-order valence-electron chi connectivity index (χ2n) is 7.04. The number of carbonyl (C=O) groups is 4. The van der Waals surface area contributed by atoms with E-state index in [0.29, 0.717) is 32.9 Å². The number of para-hydroxylation sites is 1. The molecule has 1 aliphatic rings. The largest absolute Gasteiger partial charge is 0.490 e. The zero-order valence-corrected chi connectivity index (χ0v) is 22.0. The number of anilines is 1. The minimum absolute atomic E-state index is 0.159. The van der Waals surface area contributed by atoms with E-state index in [-0.39, 0.29) is 24.0 Å². The number of imide groups is 1. The van der Waals surface area contributed by atoms with E-state index in [1.807, 2.05) is 25.1 Å². The monoisotopic (exact) mass is 610 g/mol. The van der Waals surface area contributed by atoms with Gasteiger partial charge < -0.3 is 19.5 Å². The van der Waals surface area contributed by atoms with Crippen LogP contribution in [-0.4, -0.2) is 54.3 Å². The second kappa shape index (κ2) is 12.6. The van der Waals surface area contributed by atoms with Crippen LogP contribution in [0.3, 0.4) is 0 Å². The van der Waals surface area contributed by atoms with Crippen LogP contribution in [0.4, 0.5) is 10.5 Å². The van der Waals surface area contributed by atoms with Gasteiger partial charge in [-0.2, -0.15) is 0 Å². The van der Waals surface area contributed by atoms with Gasteiger partial charge in [0.25, 0.3) is 17.1 Å². The fourth-order valence-corrected chi connectivity index (χ4v) is 4.67. The highest BCUT2D eigenvalue weighted by molar-refractivity contribution is 14.1. The van der Waals surface area contributed by atoms with Crippen molar-refractivity contribution >= 4 is 69.1 Å². The van der Waals surface area contributed by atoms with Crippen molar-refractivity contribution in [2.75, 3.05) is 31.7 Å². The molecule has 1 heterocycles. The standard InChI is InChI=1S/C24H23IN2O7S/c1-3-32-18-11-15(12-19-23(30)27(24(31)35-19)13-21(29)33-4-2)10-17(25)22(18)34-14-20(28)26-16-8-6-5-7-9-16/h5-12H,3-4,13-14H2,1-2H3,(H,26,28)/b19-12+. The Labute approximate surface area is 220 Å². The molecule has 1 N–H and O–H groups in total. The summed E-state index contributed by atoms with van der Waals surface area (Å²) in [5, 5.41) is 2.21. The maximum atomic E-state index is 12.7. The van der Waals surface area contributed by atoms with Crippen LogP contribution in [-0.2, 0) is 19.1 Å². The minimum Gasteiger partial charge on any atom is -0.490 e. The predicted octanol–water partition coefficient (Wildman–Crippen LogP) is 4.31. The normalized spacial score (nSPS) is 14.3. The molecule has 0 aromatic heterocycles. The second-order valence-corrected chi connectivity index (χ2v) is 9.19. The predicted molar refractivity (Wildman–Crippen MR) is 140 cm³/mol. The van der Waals surface area contributed by atoms with E-state index in [9.17, 15) is 19.2 Å². The fraction of sp³-hybridized carbons (Fsp3) is 0.250. The molecule has 11 heteroatoms. The Morgan fingerprint density at radius 1 is 1.09 bits per heavy atom. The number of amides is 3. The van der Waals surface area contributed by atoms with E-state index in [0.717, 1.165) is 16.7 Å². The van der Waals surface area contributed by atoms with Gasteiger partial charge in [-0.15, -0.1) is 0 Å². The molecule has 0 atom stereocenters. The van der Waals surface area contributed by atoms with Crippen LogP contribution in [0.25, 0.3) is 6.08 Å². The van der Waals surface area contributed by atoms with E-state index in [4.69, 9.17) is 14.2 Å². The SMILES string of the molecule is CCOC(=O)CN1C(=O)S/C(=C/c2cc(I)c(OCC(=O)Nc3ccccc3)c(OCC)c2)C1=O. The van der Waals surface area contributed by atoms with Gasteiger partial charge in [-0.1, -0.05) is 18.2 Å². The van der Waals surface area contributed by atoms with Crippen molar-refractivity contribution in [2.45, 2.75) is 13.8 Å². The Kier molecular flexibility index (Phi) is 9.55. The summed E-state index contributed by atoms with van der Waals surface area (Å²) in [5.41, 5.74) is 1.26. The highest BCUT2D eigenvalue weighted by atomic mass is 127. The number of rotatable bonds is 10. The Hall–Kier alpha value is -3.06. The first-order valence-electron chi connectivity index (χ1n) is 10.7. The Morgan fingerprint density at radius 2 is 1.83 bits per heavy atom. The third kappa shape index (κ3) is 7.21. The van der Waals surface area contributed by atoms with Crippen LogP contribution in [0.5, 0.6) is 11.5 Å². The molecule has 0 bridgehead atoms. The lowest BCUT2D eigenvalue weighted by Gasteiger charge is -2.15. The molecule has 3 rings (SSSR count). The van der Waals surface area contributed by atoms with Gasteiger partial charge in [-0.25, -0.2) is 0 Å². The molecule has 0 spiro atoms. The smallest absolute Gasteiger partial charge is 0.326 e. The van der Waals surface area contributed by atoms with Crippen molar-refractivity contribution in [1.29, 1.82) is 0 Å². The highest BCUT2D eigenvalue weighted by Gasteiger charge is 2.36. The highest BCUT2D eigenvalue weighted by Crippen LogP contribution is 2.37. The molecule has 1 saturated heterocycles. The van der Waals surface area contributed by atoms with Crippen molar-refractivity contribution in [3.8, 4) is 11.5 Å². The van der Waals surface area contributed by atoms with Gasteiger partial charge >= 0.3 is 5.97 Å². The van der Waals surface area contributed by atoms with Crippen molar-refractivity contribution in [1.82, 2.24) is 4.90 Å². The fourth-order valence-electron chi connectivity index (χ4n) is 3.05. The molecule has 2 aromatic rings. The molecule has 184 valence electrons. The lowest BCUT2D eigenvalue weighted by Crippen LogP contribution is -2.34. The Balaban J connectivity index is 1.75. The number of nitrogens with one attached hydrogen (secondary N) is 1. The van der Waals surface area contributed by atoms with Crippen LogP contribution in [0, 0.1) is 3.57 Å². The van der Waals surface area contributed by atoms with Crippen LogP contribution in [0.15, 0.2) is 47.4 Å². The first kappa shape index (κ1) is 26.5. The summed E-state index contributed by atoms with van der Waals surface area (Å²) >= 11 is 2.79. The molecule has 35 heavy (non-hydrogen) atoms. The lowest BCUT2D eigenvalue weighted by molar-refractivity contribution is -0.146. The van der Waals surface area contributed by atoms with Crippen molar-refractivity contribution in [2.24, 2.45) is 0 Å². The molecule has 1 aliphatic heterocycles. The minimum atomic E-state index is -0.651. The number of nitrogens with zero attached hydrogens (tertiary/aromatic N) is 1. The molecule has 1 fully saturated rings. The van der Waals surface area contributed by atoms with Gasteiger partial charge in [0.15, 0.2) is 18.1 Å². The maximum absolute atomic E-state index is 12.7. The van der Waals surface area contributed by atoms with E-state index in [1.54, 1.807) is 37.3 Å². The molecule has 2 aromatic carbocycles. The molecule has 9 nitrogen and oxygen atoms in total. The number of hydrogen-bond donors (Lipinski definition) is 1. The number of ether oxygens (including phenoxy) is 3. The molecule has 0 aliphatic carbocycles. The molecular formula is C24H23IN2O7S. The third-order valence-corrected chi connectivity index (χ3v) is 6.21. The van der Waals surface area contributed by atoms with Crippen molar-refractivity contribution in [3.05, 3.63) is 56.5 Å². The maximum Gasteiger partial charge on any atom is 0.326 e. The van der Waals surface area contributed by atoms with Gasteiger partial charge in [0, 0.05) is 5.69 Å². The van der Waals surface area contributed by atoms with Crippen LogP contribution in [0.2, 0.25) is 0 Å².